The van der Waals surface area contributed by atoms with Crippen LogP contribution in [0.5, 0.6) is 0 Å². The predicted octanol–water partition coefficient (Wildman–Crippen LogP) is 0.153. The van der Waals surface area contributed by atoms with Gasteiger partial charge in [-0.25, -0.2) is 0 Å². The summed E-state index contributed by atoms with van der Waals surface area (Å²) in [6, 6.07) is 5.12. The highest BCUT2D eigenvalue weighted by Crippen LogP contribution is 2.11. The summed E-state index contributed by atoms with van der Waals surface area (Å²) < 4.78 is 0. The number of rotatable bonds is 3. The van der Waals surface area contributed by atoms with Crippen LogP contribution in [0, 0.1) is 22.7 Å². The summed E-state index contributed by atoms with van der Waals surface area (Å²) in [5.41, 5.74) is 6.08. The van der Waals surface area contributed by atoms with Crippen LogP contribution in [0.2, 0.25) is 0 Å². The highest BCUT2D eigenvalue weighted by molar-refractivity contribution is 5.98. The van der Waals surface area contributed by atoms with E-state index in [9.17, 15) is 4.79 Å². The summed E-state index contributed by atoms with van der Waals surface area (Å²) >= 11 is 0. The summed E-state index contributed by atoms with van der Waals surface area (Å²) in [5.74, 6) is -0.464. The van der Waals surface area contributed by atoms with Crippen molar-refractivity contribution in [2.24, 2.45) is 0 Å². The van der Waals surface area contributed by atoms with Gasteiger partial charge in [0.25, 0.3) is 5.91 Å². The van der Waals surface area contributed by atoms with Gasteiger partial charge in [-0.3, -0.25) is 9.78 Å². The number of anilines is 1. The number of aromatic nitrogens is 1. The van der Waals surface area contributed by atoms with Gasteiger partial charge in [0, 0.05) is 18.1 Å². The number of hydrogen-bond donors (Lipinski definition) is 1. The predicted molar refractivity (Wildman–Crippen MR) is 55.8 cm³/mol. The first kappa shape index (κ1) is 11.5. The van der Waals surface area contributed by atoms with Gasteiger partial charge < -0.3 is 10.6 Å². The molecule has 0 aliphatic heterocycles. The van der Waals surface area contributed by atoms with Gasteiger partial charge in [0.1, 0.15) is 13.1 Å². The van der Waals surface area contributed by atoms with Crippen LogP contribution in [0.25, 0.3) is 0 Å². The number of amides is 1. The Morgan fingerprint density at radius 1 is 1.44 bits per heavy atom. The Labute approximate surface area is 92.5 Å². The summed E-state index contributed by atoms with van der Waals surface area (Å²) in [6.45, 7) is -0.304. The van der Waals surface area contributed by atoms with Crippen molar-refractivity contribution in [3.63, 3.8) is 0 Å². The van der Waals surface area contributed by atoms with E-state index in [0.29, 0.717) is 0 Å². The van der Waals surface area contributed by atoms with Crippen LogP contribution in [-0.4, -0.2) is 28.9 Å². The lowest BCUT2D eigenvalue weighted by atomic mass is 10.2. The van der Waals surface area contributed by atoms with E-state index in [1.54, 1.807) is 0 Å². The van der Waals surface area contributed by atoms with Crippen LogP contribution in [0.15, 0.2) is 18.5 Å². The lowest BCUT2D eigenvalue weighted by Crippen LogP contribution is -2.32. The molecule has 6 heteroatoms. The summed E-state index contributed by atoms with van der Waals surface area (Å²) in [7, 11) is 0. The molecule has 0 radical (unpaired) electrons. The fourth-order valence-corrected chi connectivity index (χ4v) is 1.12. The molecule has 1 aromatic heterocycles. The number of hydrogen-bond acceptors (Lipinski definition) is 5. The molecule has 0 atom stereocenters. The summed E-state index contributed by atoms with van der Waals surface area (Å²) in [4.78, 5) is 16.7. The standard InChI is InChI=1S/C10H9N5O/c11-2-5-15(6-3-12)10(16)8-7-14-4-1-9(8)13/h1,4,7H,5-6H2,(H2,13,14). The molecule has 0 saturated carbocycles. The molecule has 0 aliphatic rings. The van der Waals surface area contributed by atoms with E-state index < -0.39 is 5.91 Å². The van der Waals surface area contributed by atoms with Crippen molar-refractivity contribution in [2.45, 2.75) is 0 Å². The Hall–Kier alpha value is -2.60. The third kappa shape index (κ3) is 2.46. The Balaban J connectivity index is 2.96. The lowest BCUT2D eigenvalue weighted by molar-refractivity contribution is 0.0795. The molecule has 1 aromatic rings. The number of nitriles is 2. The van der Waals surface area contributed by atoms with Crippen molar-refractivity contribution in [1.29, 1.82) is 10.5 Å². The van der Waals surface area contributed by atoms with E-state index in [1.165, 1.54) is 18.5 Å². The van der Waals surface area contributed by atoms with Crippen molar-refractivity contribution < 1.29 is 4.79 Å². The maximum absolute atomic E-state index is 11.8. The molecule has 0 bridgehead atoms. The molecular formula is C10H9N5O. The molecule has 0 aromatic carbocycles. The number of carbonyl (C=O) groups is 1. The van der Waals surface area contributed by atoms with E-state index >= 15 is 0 Å². The topological polar surface area (TPSA) is 107 Å². The van der Waals surface area contributed by atoms with Gasteiger partial charge in [0.15, 0.2) is 0 Å². The Kier molecular flexibility index (Phi) is 3.82. The zero-order chi connectivity index (χ0) is 12.0. The van der Waals surface area contributed by atoms with Crippen molar-refractivity contribution >= 4 is 11.6 Å². The van der Waals surface area contributed by atoms with Crippen LogP contribution in [0.3, 0.4) is 0 Å². The molecule has 0 spiro atoms. The third-order valence-electron chi connectivity index (χ3n) is 1.90. The second-order valence-electron chi connectivity index (χ2n) is 2.94. The molecule has 1 heterocycles. The number of carbonyl (C=O) groups excluding carboxylic acids is 1. The Bertz CT molecular complexity index is 455. The first-order valence-corrected chi connectivity index (χ1v) is 4.43. The van der Waals surface area contributed by atoms with Gasteiger partial charge in [-0.15, -0.1) is 0 Å². The maximum atomic E-state index is 11.8. The zero-order valence-electron chi connectivity index (χ0n) is 8.42. The smallest absolute Gasteiger partial charge is 0.259 e. The Morgan fingerprint density at radius 3 is 2.56 bits per heavy atom. The van der Waals surface area contributed by atoms with Crippen LogP contribution >= 0.6 is 0 Å². The summed E-state index contributed by atoms with van der Waals surface area (Å²) in [6.07, 6.45) is 2.78. The third-order valence-corrected chi connectivity index (χ3v) is 1.90. The van der Waals surface area contributed by atoms with Crippen LogP contribution in [0.1, 0.15) is 10.4 Å². The molecule has 0 aliphatic carbocycles. The lowest BCUT2D eigenvalue weighted by Gasteiger charge is -2.16. The first-order chi connectivity index (χ1) is 7.70. The van der Waals surface area contributed by atoms with Crippen molar-refractivity contribution in [3.8, 4) is 12.1 Å². The number of nitrogen functional groups attached to an aromatic ring is 1. The average Bonchev–Trinajstić information content (AvgIpc) is 2.28. The Morgan fingerprint density at radius 2 is 2.06 bits per heavy atom. The number of nitrogens with zero attached hydrogens (tertiary/aromatic N) is 4. The van der Waals surface area contributed by atoms with Crippen LogP contribution < -0.4 is 5.73 Å². The molecule has 0 unspecified atom stereocenters. The van der Waals surface area contributed by atoms with Gasteiger partial charge >= 0.3 is 0 Å². The van der Waals surface area contributed by atoms with E-state index in [4.69, 9.17) is 16.3 Å². The number of nitrogens with two attached hydrogens (primary N) is 1. The van der Waals surface area contributed by atoms with E-state index in [1.807, 2.05) is 12.1 Å². The minimum absolute atomic E-state index is 0.152. The van der Waals surface area contributed by atoms with Crippen LogP contribution in [0.4, 0.5) is 5.69 Å². The minimum Gasteiger partial charge on any atom is -0.398 e. The van der Waals surface area contributed by atoms with Gasteiger partial charge in [-0.05, 0) is 6.07 Å². The normalized spacial score (nSPS) is 8.88. The maximum Gasteiger partial charge on any atom is 0.259 e. The molecule has 6 nitrogen and oxygen atoms in total. The SMILES string of the molecule is N#CCN(CC#N)C(=O)c1cnccc1N. The highest BCUT2D eigenvalue weighted by atomic mass is 16.2. The molecule has 80 valence electrons. The largest absolute Gasteiger partial charge is 0.398 e. The van der Waals surface area contributed by atoms with Gasteiger partial charge in [0.05, 0.1) is 17.7 Å². The molecule has 1 rings (SSSR count). The van der Waals surface area contributed by atoms with Crippen LogP contribution in [-0.2, 0) is 0 Å². The van der Waals surface area contributed by atoms with Crippen molar-refractivity contribution in [3.05, 3.63) is 24.0 Å². The van der Waals surface area contributed by atoms with E-state index in [-0.39, 0.29) is 24.3 Å². The fourth-order valence-electron chi connectivity index (χ4n) is 1.12. The number of pyridine rings is 1. The molecular weight excluding hydrogens is 206 g/mol. The molecule has 0 fully saturated rings. The second kappa shape index (κ2) is 5.32. The quantitative estimate of drug-likeness (QED) is 0.722. The average molecular weight is 215 g/mol. The molecule has 0 saturated heterocycles. The van der Waals surface area contributed by atoms with Gasteiger partial charge in [0.2, 0.25) is 0 Å². The molecule has 16 heavy (non-hydrogen) atoms. The van der Waals surface area contributed by atoms with Gasteiger partial charge in [-0.1, -0.05) is 0 Å². The second-order valence-corrected chi connectivity index (χ2v) is 2.94. The minimum atomic E-state index is -0.464. The summed E-state index contributed by atoms with van der Waals surface area (Å²) in [5, 5.41) is 17.1. The first-order valence-electron chi connectivity index (χ1n) is 4.43. The van der Waals surface area contributed by atoms with Crippen molar-refractivity contribution in [2.75, 3.05) is 18.8 Å². The monoisotopic (exact) mass is 215 g/mol. The van der Waals surface area contributed by atoms with E-state index in [2.05, 4.69) is 4.98 Å². The highest BCUT2D eigenvalue weighted by Gasteiger charge is 2.17. The fraction of sp³-hybridized carbons (Fsp3) is 0.200. The van der Waals surface area contributed by atoms with Gasteiger partial charge in [-0.2, -0.15) is 10.5 Å². The molecule has 1 amide bonds. The molecule has 2 N–H and O–H groups in total. The zero-order valence-corrected chi connectivity index (χ0v) is 8.42. The van der Waals surface area contributed by atoms with Crippen molar-refractivity contribution in [1.82, 2.24) is 9.88 Å². The van der Waals surface area contributed by atoms with E-state index in [0.717, 1.165) is 4.90 Å².